The Balaban J connectivity index is 2.33. The van der Waals surface area contributed by atoms with Gasteiger partial charge in [-0.3, -0.25) is 0 Å². The number of oxime groups is 1. The van der Waals surface area contributed by atoms with Crippen LogP contribution in [-0.2, 0) is 4.84 Å². The van der Waals surface area contributed by atoms with Crippen LogP contribution >= 0.6 is 0 Å². The van der Waals surface area contributed by atoms with Crippen LogP contribution in [0.1, 0.15) is 26.7 Å². The van der Waals surface area contributed by atoms with E-state index in [1.807, 2.05) is 0 Å². The lowest BCUT2D eigenvalue weighted by Crippen LogP contribution is -2.30. The molecular formula is C10H15NO. The second kappa shape index (κ2) is 4.15. The summed E-state index contributed by atoms with van der Waals surface area (Å²) in [5, 5.41) is 4.00. The van der Waals surface area contributed by atoms with E-state index < -0.39 is 0 Å². The molecule has 1 unspecified atom stereocenters. The van der Waals surface area contributed by atoms with E-state index in [1.54, 1.807) is 0 Å². The smallest absolute Gasteiger partial charge is 0.177 e. The van der Waals surface area contributed by atoms with Crippen LogP contribution in [0.25, 0.3) is 0 Å². The molecule has 66 valence electrons. The maximum Gasteiger partial charge on any atom is 0.177 e. The number of rotatable bonds is 3. The maximum absolute atomic E-state index is 5.02. The Hall–Kier alpha value is -0.970. The van der Waals surface area contributed by atoms with E-state index in [0.29, 0.717) is 11.8 Å². The van der Waals surface area contributed by atoms with E-state index in [1.165, 1.54) is 12.1 Å². The highest BCUT2D eigenvalue weighted by atomic mass is 16.6. The van der Waals surface area contributed by atoms with E-state index in [9.17, 15) is 0 Å². The molecule has 0 aromatic heterocycles. The summed E-state index contributed by atoms with van der Waals surface area (Å²) in [4.78, 5) is 4.92. The van der Waals surface area contributed by atoms with Gasteiger partial charge in [0.25, 0.3) is 0 Å². The monoisotopic (exact) mass is 165 g/mol. The molecule has 1 aliphatic carbocycles. The lowest BCUT2D eigenvalue weighted by atomic mass is 9.75. The molecule has 0 amide bonds. The predicted octanol–water partition coefficient (Wildman–Crippen LogP) is 2.06. The summed E-state index contributed by atoms with van der Waals surface area (Å²) in [5.41, 5.74) is 1.18. The first-order valence-electron chi connectivity index (χ1n) is 4.38. The van der Waals surface area contributed by atoms with Crippen LogP contribution in [0.15, 0.2) is 5.16 Å². The van der Waals surface area contributed by atoms with Gasteiger partial charge in [0.1, 0.15) is 0 Å². The second-order valence-corrected chi connectivity index (χ2v) is 3.45. The minimum Gasteiger partial charge on any atom is -0.383 e. The van der Waals surface area contributed by atoms with Crippen molar-refractivity contribution in [3.63, 3.8) is 0 Å². The van der Waals surface area contributed by atoms with Crippen LogP contribution in [0.5, 0.6) is 0 Å². The summed E-state index contributed by atoms with van der Waals surface area (Å²) in [5.74, 6) is 3.69. The van der Waals surface area contributed by atoms with Crippen LogP contribution in [-0.4, -0.2) is 12.3 Å². The van der Waals surface area contributed by atoms with Crippen LogP contribution in [0, 0.1) is 24.2 Å². The Labute approximate surface area is 74.0 Å². The summed E-state index contributed by atoms with van der Waals surface area (Å²) < 4.78 is 0. The molecule has 1 atom stereocenters. The first kappa shape index (κ1) is 9.12. The Kier molecular flexibility index (Phi) is 3.16. The Morgan fingerprint density at radius 3 is 2.92 bits per heavy atom. The van der Waals surface area contributed by atoms with Gasteiger partial charge in [0.2, 0.25) is 0 Å². The zero-order valence-corrected chi connectivity index (χ0v) is 7.71. The van der Waals surface area contributed by atoms with E-state index in [-0.39, 0.29) is 6.61 Å². The number of hydrogen-bond donors (Lipinski definition) is 0. The predicted molar refractivity (Wildman–Crippen MR) is 49.8 cm³/mol. The molecule has 1 saturated carbocycles. The van der Waals surface area contributed by atoms with Gasteiger partial charge in [0, 0.05) is 5.92 Å². The second-order valence-electron chi connectivity index (χ2n) is 3.45. The third kappa shape index (κ3) is 2.01. The van der Waals surface area contributed by atoms with Gasteiger partial charge >= 0.3 is 0 Å². The van der Waals surface area contributed by atoms with Crippen LogP contribution in [0.2, 0.25) is 0 Å². The van der Waals surface area contributed by atoms with Crippen molar-refractivity contribution < 1.29 is 4.84 Å². The average Bonchev–Trinajstić information content (AvgIpc) is 1.94. The quantitative estimate of drug-likeness (QED) is 0.356. The molecule has 0 aliphatic heterocycles. The van der Waals surface area contributed by atoms with Gasteiger partial charge in [-0.25, -0.2) is 0 Å². The molecule has 2 heteroatoms. The van der Waals surface area contributed by atoms with Gasteiger partial charge in [0.05, 0.1) is 5.71 Å². The largest absolute Gasteiger partial charge is 0.383 e. The highest BCUT2D eigenvalue weighted by molar-refractivity contribution is 5.91. The molecule has 0 aromatic carbocycles. The molecule has 12 heavy (non-hydrogen) atoms. The number of hydrogen-bond acceptors (Lipinski definition) is 2. The van der Waals surface area contributed by atoms with E-state index in [4.69, 9.17) is 11.3 Å². The Morgan fingerprint density at radius 2 is 2.50 bits per heavy atom. The third-order valence-corrected chi connectivity index (χ3v) is 2.27. The SMILES string of the molecule is C#CCO/N=C1\CCC1C(C)C. The van der Waals surface area contributed by atoms with Crippen molar-refractivity contribution in [2.45, 2.75) is 26.7 Å². The van der Waals surface area contributed by atoms with E-state index in [2.05, 4.69) is 24.9 Å². The van der Waals surface area contributed by atoms with Gasteiger partial charge in [0.15, 0.2) is 6.61 Å². The average molecular weight is 165 g/mol. The van der Waals surface area contributed by atoms with Gasteiger partial charge in [-0.1, -0.05) is 24.9 Å². The summed E-state index contributed by atoms with van der Waals surface area (Å²) >= 11 is 0. The van der Waals surface area contributed by atoms with Crippen molar-refractivity contribution in [2.24, 2.45) is 17.0 Å². The normalized spacial score (nSPS) is 25.2. The minimum absolute atomic E-state index is 0.286. The molecule has 1 rings (SSSR count). The van der Waals surface area contributed by atoms with Crippen molar-refractivity contribution in [1.29, 1.82) is 0 Å². The van der Waals surface area contributed by atoms with Crippen molar-refractivity contribution >= 4 is 5.71 Å². The molecule has 0 bridgehead atoms. The summed E-state index contributed by atoms with van der Waals surface area (Å²) in [6, 6.07) is 0. The highest BCUT2D eigenvalue weighted by Gasteiger charge is 2.29. The topological polar surface area (TPSA) is 21.6 Å². The van der Waals surface area contributed by atoms with Crippen LogP contribution < -0.4 is 0 Å². The summed E-state index contributed by atoms with van der Waals surface area (Å²) in [7, 11) is 0. The third-order valence-electron chi connectivity index (χ3n) is 2.27. The van der Waals surface area contributed by atoms with Crippen LogP contribution in [0.3, 0.4) is 0 Å². The first-order chi connectivity index (χ1) is 5.75. The first-order valence-corrected chi connectivity index (χ1v) is 4.38. The molecule has 0 N–H and O–H groups in total. The molecule has 0 saturated heterocycles. The van der Waals surface area contributed by atoms with Crippen molar-refractivity contribution in [1.82, 2.24) is 0 Å². The molecular weight excluding hydrogens is 150 g/mol. The Morgan fingerprint density at radius 1 is 1.75 bits per heavy atom. The van der Waals surface area contributed by atoms with Crippen molar-refractivity contribution in [3.05, 3.63) is 0 Å². The number of terminal acetylenes is 1. The van der Waals surface area contributed by atoms with E-state index >= 15 is 0 Å². The number of nitrogens with zero attached hydrogens (tertiary/aromatic N) is 1. The maximum atomic E-state index is 5.02. The summed E-state index contributed by atoms with van der Waals surface area (Å²) in [6.45, 7) is 4.70. The van der Waals surface area contributed by atoms with E-state index in [0.717, 1.165) is 6.42 Å². The fourth-order valence-corrected chi connectivity index (χ4v) is 1.42. The highest BCUT2D eigenvalue weighted by Crippen LogP contribution is 2.30. The molecule has 0 aromatic rings. The standard InChI is InChI=1S/C10H15NO/c1-4-7-12-11-10-6-5-9(10)8(2)3/h1,8-9H,5-7H2,2-3H3/b11-10+. The molecule has 0 spiro atoms. The van der Waals surface area contributed by atoms with Crippen molar-refractivity contribution in [3.8, 4) is 12.3 Å². The lowest BCUT2D eigenvalue weighted by molar-refractivity contribution is 0.171. The zero-order valence-electron chi connectivity index (χ0n) is 7.71. The molecule has 1 aliphatic rings. The molecule has 0 radical (unpaired) electrons. The summed E-state index contributed by atoms with van der Waals surface area (Å²) in [6.07, 6.45) is 7.35. The fourth-order valence-electron chi connectivity index (χ4n) is 1.42. The van der Waals surface area contributed by atoms with Gasteiger partial charge in [-0.15, -0.1) is 6.42 Å². The van der Waals surface area contributed by atoms with Gasteiger partial charge < -0.3 is 4.84 Å². The molecule has 1 fully saturated rings. The Bertz CT molecular complexity index is 212. The zero-order chi connectivity index (χ0) is 8.97. The van der Waals surface area contributed by atoms with Gasteiger partial charge in [-0.05, 0) is 18.8 Å². The van der Waals surface area contributed by atoms with Crippen molar-refractivity contribution in [2.75, 3.05) is 6.61 Å². The fraction of sp³-hybridized carbons (Fsp3) is 0.700. The lowest BCUT2D eigenvalue weighted by Gasteiger charge is -2.30. The van der Waals surface area contributed by atoms with Gasteiger partial charge in [-0.2, -0.15) is 0 Å². The molecule has 0 heterocycles. The minimum atomic E-state index is 0.286. The van der Waals surface area contributed by atoms with Crippen LogP contribution in [0.4, 0.5) is 0 Å². The molecule has 2 nitrogen and oxygen atoms in total.